The minimum atomic E-state index is -0.204. The van der Waals surface area contributed by atoms with Crippen LogP contribution in [0.2, 0.25) is 0 Å². The lowest BCUT2D eigenvalue weighted by Gasteiger charge is -2.36. The summed E-state index contributed by atoms with van der Waals surface area (Å²) in [5, 5.41) is 10.1. The van der Waals surface area contributed by atoms with Crippen molar-refractivity contribution in [2.75, 3.05) is 25.0 Å². The number of aryl methyl sites for hydroxylation is 1. The lowest BCUT2D eigenvalue weighted by molar-refractivity contribution is -0.118. The van der Waals surface area contributed by atoms with E-state index in [0.717, 1.165) is 18.5 Å². The lowest BCUT2D eigenvalue weighted by Crippen LogP contribution is -2.40. The van der Waals surface area contributed by atoms with Crippen molar-refractivity contribution < 1.29 is 14.3 Å². The van der Waals surface area contributed by atoms with Gasteiger partial charge in [0.05, 0.1) is 11.4 Å². The van der Waals surface area contributed by atoms with Crippen LogP contribution in [-0.4, -0.2) is 46.6 Å². The number of nitrogens with one attached hydrogen (secondary N) is 2. The van der Waals surface area contributed by atoms with Crippen molar-refractivity contribution in [2.24, 2.45) is 5.92 Å². The van der Waals surface area contributed by atoms with Gasteiger partial charge < -0.3 is 15.0 Å². The molecule has 1 atom stereocenters. The number of carbonyl (C=O) groups excluding carboxylic acids is 2. The first-order chi connectivity index (χ1) is 15.6. The predicted molar refractivity (Wildman–Crippen MR) is 121 cm³/mol. The first kappa shape index (κ1) is 20.3. The Morgan fingerprint density at radius 3 is 2.66 bits per heavy atom. The zero-order valence-electron chi connectivity index (χ0n) is 18.0. The Hall–Kier alpha value is -3.61. The average Bonchev–Trinajstić information content (AvgIpc) is 3.25. The Kier molecular flexibility index (Phi) is 5.39. The maximum atomic E-state index is 13.2. The van der Waals surface area contributed by atoms with Crippen molar-refractivity contribution in [2.45, 2.75) is 25.7 Å². The van der Waals surface area contributed by atoms with Crippen molar-refractivity contribution in [3.8, 4) is 5.75 Å². The molecule has 0 radical (unpaired) electrons. The quantitative estimate of drug-likeness (QED) is 0.660. The standard InChI is InChI=1S/C25H26N4O3/c1-16-20(14-26-28-16)24(17-5-3-2-4-6-17)18-9-11-29(12-10-18)25(31)19-7-8-22-21(13-19)27-23(30)15-32-22/h2-8,13-14,18,24H,9-12,15H2,1H3,(H,26,28)(H,27,30)/t24-/m1/s1. The van der Waals surface area contributed by atoms with E-state index in [9.17, 15) is 9.59 Å². The summed E-state index contributed by atoms with van der Waals surface area (Å²) in [5.41, 5.74) is 4.66. The highest BCUT2D eigenvalue weighted by molar-refractivity contribution is 5.99. The van der Waals surface area contributed by atoms with Gasteiger partial charge in [0.15, 0.2) is 6.61 Å². The van der Waals surface area contributed by atoms with Gasteiger partial charge >= 0.3 is 0 Å². The van der Waals surface area contributed by atoms with Gasteiger partial charge in [-0.3, -0.25) is 14.7 Å². The van der Waals surface area contributed by atoms with Gasteiger partial charge in [0.2, 0.25) is 0 Å². The molecule has 7 nitrogen and oxygen atoms in total. The number of hydrogen-bond acceptors (Lipinski definition) is 4. The molecule has 3 heterocycles. The Bertz CT molecular complexity index is 1130. The average molecular weight is 431 g/mol. The van der Waals surface area contributed by atoms with Crippen LogP contribution in [0, 0.1) is 12.8 Å². The molecule has 1 aromatic heterocycles. The van der Waals surface area contributed by atoms with E-state index in [0.29, 0.717) is 36.0 Å². The van der Waals surface area contributed by atoms with Crippen LogP contribution in [0.4, 0.5) is 5.69 Å². The van der Waals surface area contributed by atoms with E-state index in [2.05, 4.69) is 39.8 Å². The van der Waals surface area contributed by atoms with Gasteiger partial charge in [-0.2, -0.15) is 5.10 Å². The Balaban J connectivity index is 1.32. The summed E-state index contributed by atoms with van der Waals surface area (Å²) in [6.45, 7) is 3.44. The Labute approximate surface area is 186 Å². The number of likely N-dealkylation sites (tertiary alicyclic amines) is 1. The normalized spacial score (nSPS) is 17.3. The second kappa shape index (κ2) is 8.49. The highest BCUT2D eigenvalue weighted by Crippen LogP contribution is 2.39. The molecule has 2 aliphatic heterocycles. The van der Waals surface area contributed by atoms with Crippen molar-refractivity contribution >= 4 is 17.5 Å². The maximum Gasteiger partial charge on any atom is 0.262 e. The van der Waals surface area contributed by atoms with E-state index in [1.54, 1.807) is 18.2 Å². The number of anilines is 1. The molecular formula is C25H26N4O3. The monoisotopic (exact) mass is 430 g/mol. The fraction of sp³-hybridized carbons (Fsp3) is 0.320. The van der Waals surface area contributed by atoms with Crippen molar-refractivity contribution in [3.05, 3.63) is 77.1 Å². The molecule has 1 saturated heterocycles. The summed E-state index contributed by atoms with van der Waals surface area (Å²) < 4.78 is 5.40. The van der Waals surface area contributed by atoms with Crippen LogP contribution in [-0.2, 0) is 4.79 Å². The number of piperidine rings is 1. The largest absolute Gasteiger partial charge is 0.482 e. The molecule has 3 aromatic rings. The minimum absolute atomic E-state index is 0.00647. The number of ether oxygens (including phenoxy) is 1. The molecule has 1 fully saturated rings. The van der Waals surface area contributed by atoms with E-state index in [1.165, 1.54) is 11.1 Å². The molecular weight excluding hydrogens is 404 g/mol. The fourth-order valence-corrected chi connectivity index (χ4v) is 4.88. The van der Waals surface area contributed by atoms with Crippen LogP contribution in [0.5, 0.6) is 5.75 Å². The van der Waals surface area contributed by atoms with Gasteiger partial charge in [-0.15, -0.1) is 0 Å². The molecule has 2 N–H and O–H groups in total. The molecule has 164 valence electrons. The van der Waals surface area contributed by atoms with Crippen molar-refractivity contribution in [1.82, 2.24) is 15.1 Å². The minimum Gasteiger partial charge on any atom is -0.482 e. The van der Waals surface area contributed by atoms with E-state index in [4.69, 9.17) is 4.74 Å². The van der Waals surface area contributed by atoms with Gasteiger partial charge in [0.25, 0.3) is 11.8 Å². The number of nitrogens with zero attached hydrogens (tertiary/aromatic N) is 2. The summed E-state index contributed by atoms with van der Waals surface area (Å²) in [7, 11) is 0. The molecule has 0 unspecified atom stereocenters. The SMILES string of the molecule is Cc1n[nH]cc1[C@H](c1ccccc1)C1CCN(C(=O)c2ccc3c(c2)NC(=O)CO3)CC1. The second-order valence-electron chi connectivity index (χ2n) is 8.49. The van der Waals surface area contributed by atoms with Gasteiger partial charge in [-0.05, 0) is 49.4 Å². The van der Waals surface area contributed by atoms with Crippen LogP contribution < -0.4 is 10.1 Å². The number of rotatable bonds is 4. The summed E-state index contributed by atoms with van der Waals surface area (Å²) in [6.07, 6.45) is 3.84. The molecule has 2 aromatic carbocycles. The second-order valence-corrected chi connectivity index (χ2v) is 8.49. The van der Waals surface area contributed by atoms with Crippen LogP contribution in [0.25, 0.3) is 0 Å². The van der Waals surface area contributed by atoms with Gasteiger partial charge in [0, 0.05) is 36.3 Å². The zero-order chi connectivity index (χ0) is 22.1. The van der Waals surface area contributed by atoms with Crippen LogP contribution in [0.3, 0.4) is 0 Å². The molecule has 5 rings (SSSR count). The molecule has 2 aliphatic rings. The molecule has 7 heteroatoms. The first-order valence-corrected chi connectivity index (χ1v) is 11.0. The zero-order valence-corrected chi connectivity index (χ0v) is 18.0. The highest BCUT2D eigenvalue weighted by atomic mass is 16.5. The van der Waals surface area contributed by atoms with Gasteiger partial charge in [-0.25, -0.2) is 0 Å². The maximum absolute atomic E-state index is 13.2. The molecule has 2 amide bonds. The van der Waals surface area contributed by atoms with Crippen molar-refractivity contribution in [1.29, 1.82) is 0 Å². The van der Waals surface area contributed by atoms with E-state index in [-0.39, 0.29) is 24.3 Å². The number of amides is 2. The summed E-state index contributed by atoms with van der Waals surface area (Å²) >= 11 is 0. The topological polar surface area (TPSA) is 87.3 Å². The predicted octanol–water partition coefficient (Wildman–Crippen LogP) is 3.73. The molecule has 32 heavy (non-hydrogen) atoms. The number of aromatic amines is 1. The van der Waals surface area contributed by atoms with Crippen LogP contribution in [0.1, 0.15) is 45.9 Å². The Morgan fingerprint density at radius 1 is 1.16 bits per heavy atom. The number of carbonyl (C=O) groups is 2. The summed E-state index contributed by atoms with van der Waals surface area (Å²) in [5.74, 6) is 1.06. The first-order valence-electron chi connectivity index (χ1n) is 11.0. The third kappa shape index (κ3) is 3.86. The number of aromatic nitrogens is 2. The third-order valence-electron chi connectivity index (χ3n) is 6.52. The summed E-state index contributed by atoms with van der Waals surface area (Å²) in [4.78, 5) is 26.7. The van der Waals surface area contributed by atoms with E-state index < -0.39 is 0 Å². The number of hydrogen-bond donors (Lipinski definition) is 2. The third-order valence-corrected chi connectivity index (χ3v) is 6.52. The number of H-pyrrole nitrogens is 1. The lowest BCUT2D eigenvalue weighted by atomic mass is 9.76. The molecule has 0 saturated carbocycles. The highest BCUT2D eigenvalue weighted by Gasteiger charge is 2.32. The van der Waals surface area contributed by atoms with Crippen LogP contribution in [0.15, 0.2) is 54.7 Å². The van der Waals surface area contributed by atoms with E-state index >= 15 is 0 Å². The number of fused-ring (bicyclic) bond motifs is 1. The van der Waals surface area contributed by atoms with Gasteiger partial charge in [-0.1, -0.05) is 30.3 Å². The van der Waals surface area contributed by atoms with Gasteiger partial charge in [0.1, 0.15) is 5.75 Å². The Morgan fingerprint density at radius 2 is 1.94 bits per heavy atom. The molecule has 0 aliphatic carbocycles. The summed E-state index contributed by atoms with van der Waals surface area (Å²) in [6, 6.07) is 15.8. The van der Waals surface area contributed by atoms with Crippen molar-refractivity contribution in [3.63, 3.8) is 0 Å². The molecule has 0 spiro atoms. The van der Waals surface area contributed by atoms with Crippen LogP contribution >= 0.6 is 0 Å². The molecule has 0 bridgehead atoms. The van der Waals surface area contributed by atoms with E-state index in [1.807, 2.05) is 24.1 Å². The number of benzene rings is 2. The smallest absolute Gasteiger partial charge is 0.262 e. The fourth-order valence-electron chi connectivity index (χ4n) is 4.88.